The lowest BCUT2D eigenvalue weighted by Crippen LogP contribution is -2.45. The molecule has 1 aliphatic heterocycles. The SMILES string of the molecule is Cl.O=C(N[C@@H]1CCCNC1)c1ccc(Cl)c(Cl)c1. The van der Waals surface area contributed by atoms with Gasteiger partial charge in [0.15, 0.2) is 0 Å². The summed E-state index contributed by atoms with van der Waals surface area (Å²) in [5.74, 6) is -0.0998. The van der Waals surface area contributed by atoms with E-state index in [4.69, 9.17) is 23.2 Å². The molecule has 0 spiro atoms. The smallest absolute Gasteiger partial charge is 0.251 e. The van der Waals surface area contributed by atoms with Gasteiger partial charge in [0.1, 0.15) is 0 Å². The lowest BCUT2D eigenvalue weighted by atomic mass is 10.1. The fourth-order valence-electron chi connectivity index (χ4n) is 1.88. The van der Waals surface area contributed by atoms with Crippen molar-refractivity contribution in [3.05, 3.63) is 33.8 Å². The van der Waals surface area contributed by atoms with E-state index in [0.717, 1.165) is 25.9 Å². The van der Waals surface area contributed by atoms with Crippen LogP contribution in [0.15, 0.2) is 18.2 Å². The Kier molecular flexibility index (Phi) is 6.22. The molecule has 1 aromatic carbocycles. The number of carbonyl (C=O) groups excluding carboxylic acids is 1. The molecule has 2 rings (SSSR count). The Balaban J connectivity index is 0.00000162. The predicted molar refractivity (Wildman–Crippen MR) is 77.1 cm³/mol. The van der Waals surface area contributed by atoms with Crippen molar-refractivity contribution in [1.29, 1.82) is 0 Å². The minimum atomic E-state index is -0.0998. The Morgan fingerprint density at radius 1 is 1.33 bits per heavy atom. The van der Waals surface area contributed by atoms with Crippen LogP contribution in [0.5, 0.6) is 0 Å². The molecule has 2 N–H and O–H groups in total. The molecule has 0 unspecified atom stereocenters. The highest BCUT2D eigenvalue weighted by Crippen LogP contribution is 2.22. The second-order valence-corrected chi connectivity index (χ2v) is 4.96. The van der Waals surface area contributed by atoms with Gasteiger partial charge in [0, 0.05) is 18.2 Å². The summed E-state index contributed by atoms with van der Waals surface area (Å²) in [6.07, 6.45) is 2.10. The van der Waals surface area contributed by atoms with Crippen LogP contribution in [0.3, 0.4) is 0 Å². The Bertz CT molecular complexity index is 420. The molecule has 3 nitrogen and oxygen atoms in total. The van der Waals surface area contributed by atoms with E-state index in [9.17, 15) is 4.79 Å². The van der Waals surface area contributed by atoms with Crippen LogP contribution in [0.4, 0.5) is 0 Å². The maximum Gasteiger partial charge on any atom is 0.251 e. The van der Waals surface area contributed by atoms with E-state index < -0.39 is 0 Å². The fraction of sp³-hybridized carbons (Fsp3) is 0.417. The minimum absolute atomic E-state index is 0. The minimum Gasteiger partial charge on any atom is -0.348 e. The van der Waals surface area contributed by atoms with Crippen molar-refractivity contribution in [2.75, 3.05) is 13.1 Å². The lowest BCUT2D eigenvalue weighted by Gasteiger charge is -2.23. The van der Waals surface area contributed by atoms with Gasteiger partial charge in [0.2, 0.25) is 0 Å². The highest BCUT2D eigenvalue weighted by atomic mass is 35.5. The van der Waals surface area contributed by atoms with E-state index in [1.165, 1.54) is 0 Å². The van der Waals surface area contributed by atoms with Gasteiger partial charge >= 0.3 is 0 Å². The summed E-state index contributed by atoms with van der Waals surface area (Å²) in [7, 11) is 0. The number of rotatable bonds is 2. The molecule has 0 aromatic heterocycles. The Morgan fingerprint density at radius 2 is 2.11 bits per heavy atom. The van der Waals surface area contributed by atoms with Gasteiger partial charge in [-0.05, 0) is 37.6 Å². The first-order chi connectivity index (χ1) is 8.16. The number of halogens is 3. The average Bonchev–Trinajstić information content (AvgIpc) is 2.34. The maximum absolute atomic E-state index is 11.9. The summed E-state index contributed by atoms with van der Waals surface area (Å²) in [5.41, 5.74) is 0.546. The Labute approximate surface area is 123 Å². The monoisotopic (exact) mass is 308 g/mol. The Morgan fingerprint density at radius 3 is 2.72 bits per heavy atom. The Hall–Kier alpha value is -0.480. The van der Waals surface area contributed by atoms with E-state index in [1.807, 2.05) is 0 Å². The molecular formula is C12H15Cl3N2O. The van der Waals surface area contributed by atoms with Gasteiger partial charge < -0.3 is 10.6 Å². The molecule has 0 aliphatic carbocycles. The summed E-state index contributed by atoms with van der Waals surface area (Å²) < 4.78 is 0. The molecule has 1 atom stereocenters. The van der Waals surface area contributed by atoms with Gasteiger partial charge in [-0.15, -0.1) is 12.4 Å². The molecule has 100 valence electrons. The van der Waals surface area contributed by atoms with E-state index in [-0.39, 0.29) is 24.4 Å². The van der Waals surface area contributed by atoms with Gasteiger partial charge in [-0.3, -0.25) is 4.79 Å². The molecule has 0 radical (unpaired) electrons. The van der Waals surface area contributed by atoms with Crippen LogP contribution < -0.4 is 10.6 Å². The van der Waals surface area contributed by atoms with E-state index in [2.05, 4.69) is 10.6 Å². The van der Waals surface area contributed by atoms with E-state index in [0.29, 0.717) is 15.6 Å². The van der Waals surface area contributed by atoms with Crippen molar-refractivity contribution in [3.63, 3.8) is 0 Å². The van der Waals surface area contributed by atoms with Gasteiger partial charge in [-0.1, -0.05) is 23.2 Å². The molecule has 1 heterocycles. The maximum atomic E-state index is 11.9. The highest BCUT2D eigenvalue weighted by molar-refractivity contribution is 6.42. The summed E-state index contributed by atoms with van der Waals surface area (Å²) >= 11 is 11.7. The summed E-state index contributed by atoms with van der Waals surface area (Å²) in [6, 6.07) is 5.11. The predicted octanol–water partition coefficient (Wildman–Crippen LogP) is 2.90. The first-order valence-electron chi connectivity index (χ1n) is 5.63. The van der Waals surface area contributed by atoms with Crippen LogP contribution in [0.1, 0.15) is 23.2 Å². The number of carbonyl (C=O) groups is 1. The van der Waals surface area contributed by atoms with Gasteiger partial charge in [0.05, 0.1) is 10.0 Å². The van der Waals surface area contributed by atoms with Crippen LogP contribution in [0, 0.1) is 0 Å². The van der Waals surface area contributed by atoms with Crippen molar-refractivity contribution in [2.45, 2.75) is 18.9 Å². The third-order valence-corrected chi connectivity index (χ3v) is 3.55. The zero-order valence-electron chi connectivity index (χ0n) is 9.71. The van der Waals surface area contributed by atoms with Crippen LogP contribution in [-0.2, 0) is 0 Å². The van der Waals surface area contributed by atoms with E-state index >= 15 is 0 Å². The van der Waals surface area contributed by atoms with Crippen molar-refractivity contribution in [3.8, 4) is 0 Å². The number of hydrogen-bond acceptors (Lipinski definition) is 2. The normalized spacial score (nSPS) is 18.9. The molecule has 1 aliphatic rings. The highest BCUT2D eigenvalue weighted by Gasteiger charge is 2.16. The second-order valence-electron chi connectivity index (χ2n) is 4.15. The zero-order chi connectivity index (χ0) is 12.3. The zero-order valence-corrected chi connectivity index (χ0v) is 12.0. The first-order valence-corrected chi connectivity index (χ1v) is 6.39. The number of nitrogens with one attached hydrogen (secondary N) is 2. The van der Waals surface area contributed by atoms with Crippen molar-refractivity contribution in [2.24, 2.45) is 0 Å². The van der Waals surface area contributed by atoms with E-state index in [1.54, 1.807) is 18.2 Å². The van der Waals surface area contributed by atoms with Crippen molar-refractivity contribution in [1.82, 2.24) is 10.6 Å². The second kappa shape index (κ2) is 7.19. The summed E-state index contributed by atoms with van der Waals surface area (Å²) in [5, 5.41) is 7.09. The van der Waals surface area contributed by atoms with Gasteiger partial charge in [-0.2, -0.15) is 0 Å². The third-order valence-electron chi connectivity index (χ3n) is 2.81. The third kappa shape index (κ3) is 4.02. The van der Waals surface area contributed by atoms with Crippen LogP contribution in [0.25, 0.3) is 0 Å². The topological polar surface area (TPSA) is 41.1 Å². The summed E-state index contributed by atoms with van der Waals surface area (Å²) in [4.78, 5) is 11.9. The average molecular weight is 310 g/mol. The fourth-order valence-corrected chi connectivity index (χ4v) is 2.18. The quantitative estimate of drug-likeness (QED) is 0.882. The molecule has 0 saturated carbocycles. The molecule has 1 fully saturated rings. The van der Waals surface area contributed by atoms with Gasteiger partial charge in [0.25, 0.3) is 5.91 Å². The number of hydrogen-bond donors (Lipinski definition) is 2. The van der Waals surface area contributed by atoms with Crippen LogP contribution >= 0.6 is 35.6 Å². The number of piperidine rings is 1. The molecule has 18 heavy (non-hydrogen) atoms. The summed E-state index contributed by atoms with van der Waals surface area (Å²) in [6.45, 7) is 1.85. The lowest BCUT2D eigenvalue weighted by molar-refractivity contribution is 0.0930. The molecule has 1 aromatic rings. The van der Waals surface area contributed by atoms with Crippen molar-refractivity contribution < 1.29 is 4.79 Å². The van der Waals surface area contributed by atoms with Gasteiger partial charge in [-0.25, -0.2) is 0 Å². The standard InChI is InChI=1S/C12H14Cl2N2O.ClH/c13-10-4-3-8(6-11(10)14)12(17)16-9-2-1-5-15-7-9;/h3-4,6,9,15H,1-2,5,7H2,(H,16,17);1H/t9-;/m1./s1. The molecule has 1 saturated heterocycles. The number of amides is 1. The molecule has 0 bridgehead atoms. The van der Waals surface area contributed by atoms with Crippen LogP contribution in [-0.4, -0.2) is 25.0 Å². The largest absolute Gasteiger partial charge is 0.348 e. The first kappa shape index (κ1) is 15.6. The molecular weight excluding hydrogens is 295 g/mol. The molecule has 1 amide bonds. The molecule has 6 heteroatoms. The number of benzene rings is 1. The van der Waals surface area contributed by atoms with Crippen molar-refractivity contribution >= 4 is 41.5 Å². The van der Waals surface area contributed by atoms with Crippen LogP contribution in [0.2, 0.25) is 10.0 Å².